The second-order valence-electron chi connectivity index (χ2n) is 6.37. The van der Waals surface area contributed by atoms with Crippen molar-refractivity contribution in [3.05, 3.63) is 66.1 Å². The number of rotatable bonds is 9. The molecule has 3 aromatic rings. The average Bonchev–Trinajstić information content (AvgIpc) is 3.25. The van der Waals surface area contributed by atoms with Crippen molar-refractivity contribution in [1.82, 2.24) is 4.98 Å². The van der Waals surface area contributed by atoms with E-state index in [2.05, 4.69) is 4.98 Å². The van der Waals surface area contributed by atoms with Crippen molar-refractivity contribution in [2.75, 3.05) is 13.2 Å². The Hall–Kier alpha value is -3.61. The van der Waals surface area contributed by atoms with E-state index in [1.807, 2.05) is 25.1 Å². The molecular formula is C23H23NO6. The molecule has 1 heterocycles. The van der Waals surface area contributed by atoms with Gasteiger partial charge in [0.05, 0.1) is 13.2 Å². The molecule has 7 nitrogen and oxygen atoms in total. The zero-order valence-corrected chi connectivity index (χ0v) is 16.9. The number of unbranched alkanes of at least 4 members (excludes halogenated alkanes) is 1. The number of benzene rings is 2. The van der Waals surface area contributed by atoms with Crippen LogP contribution in [0.5, 0.6) is 11.5 Å². The number of ether oxygens (including phenoxy) is 3. The molecule has 0 N–H and O–H groups in total. The van der Waals surface area contributed by atoms with Crippen LogP contribution in [-0.4, -0.2) is 30.1 Å². The zero-order chi connectivity index (χ0) is 21.3. The molecule has 0 bridgehead atoms. The Kier molecular flexibility index (Phi) is 7.21. The molecule has 0 spiro atoms. The summed E-state index contributed by atoms with van der Waals surface area (Å²) in [6, 6.07) is 14.1. The van der Waals surface area contributed by atoms with E-state index in [0.29, 0.717) is 23.7 Å². The first-order valence-corrected chi connectivity index (χ1v) is 9.79. The molecule has 0 aliphatic carbocycles. The van der Waals surface area contributed by atoms with Gasteiger partial charge in [0.15, 0.2) is 5.69 Å². The number of nitrogens with zero attached hydrogens (tertiary/aromatic N) is 1. The maximum atomic E-state index is 12.7. The van der Waals surface area contributed by atoms with E-state index in [1.165, 1.54) is 6.26 Å². The lowest BCUT2D eigenvalue weighted by Gasteiger charge is -2.12. The van der Waals surface area contributed by atoms with Crippen LogP contribution in [0.25, 0.3) is 11.5 Å². The standard InChI is InChI=1S/C23H23NO6/c1-3-5-13-28-22(25)18-14-16(21-24-19(15-29-21)23(26)27-4-2)11-12-20(18)30-17-9-7-6-8-10-17/h6-12,14-15H,3-5,13H2,1-2H3. The highest BCUT2D eigenvalue weighted by atomic mass is 16.5. The number of aromatic nitrogens is 1. The van der Waals surface area contributed by atoms with Crippen LogP contribution in [0.4, 0.5) is 0 Å². The molecule has 0 saturated carbocycles. The van der Waals surface area contributed by atoms with E-state index in [0.717, 1.165) is 12.8 Å². The highest BCUT2D eigenvalue weighted by Gasteiger charge is 2.20. The van der Waals surface area contributed by atoms with Crippen molar-refractivity contribution < 1.29 is 28.2 Å². The van der Waals surface area contributed by atoms with Crippen molar-refractivity contribution in [1.29, 1.82) is 0 Å². The summed E-state index contributed by atoms with van der Waals surface area (Å²) in [5.74, 6) is 0.0493. The summed E-state index contributed by atoms with van der Waals surface area (Å²) in [5.41, 5.74) is 0.806. The predicted molar refractivity (Wildman–Crippen MR) is 110 cm³/mol. The van der Waals surface area contributed by atoms with Crippen LogP contribution in [0, 0.1) is 0 Å². The fourth-order valence-electron chi connectivity index (χ4n) is 2.62. The average molecular weight is 409 g/mol. The summed E-state index contributed by atoms with van der Waals surface area (Å²) in [4.78, 5) is 28.7. The van der Waals surface area contributed by atoms with Crippen LogP contribution in [0.1, 0.15) is 47.5 Å². The van der Waals surface area contributed by atoms with Crippen molar-refractivity contribution in [3.63, 3.8) is 0 Å². The fraction of sp³-hybridized carbons (Fsp3) is 0.261. The van der Waals surface area contributed by atoms with Crippen LogP contribution in [0.15, 0.2) is 59.2 Å². The third-order valence-corrected chi connectivity index (χ3v) is 4.14. The van der Waals surface area contributed by atoms with Gasteiger partial charge in [0.1, 0.15) is 23.3 Å². The first-order valence-electron chi connectivity index (χ1n) is 9.79. The van der Waals surface area contributed by atoms with E-state index >= 15 is 0 Å². The third kappa shape index (κ3) is 5.26. The number of hydrogen-bond acceptors (Lipinski definition) is 7. The highest BCUT2D eigenvalue weighted by Crippen LogP contribution is 2.30. The van der Waals surface area contributed by atoms with Gasteiger partial charge < -0.3 is 18.6 Å². The molecule has 1 aromatic heterocycles. The van der Waals surface area contributed by atoms with Crippen molar-refractivity contribution in [2.45, 2.75) is 26.7 Å². The Morgan fingerprint density at radius 1 is 1.00 bits per heavy atom. The van der Waals surface area contributed by atoms with Gasteiger partial charge in [0.25, 0.3) is 0 Å². The van der Waals surface area contributed by atoms with Gasteiger partial charge in [0.2, 0.25) is 5.89 Å². The highest BCUT2D eigenvalue weighted by molar-refractivity contribution is 5.94. The second-order valence-corrected chi connectivity index (χ2v) is 6.37. The van der Waals surface area contributed by atoms with Gasteiger partial charge in [-0.1, -0.05) is 31.5 Å². The number of oxazole rings is 1. The van der Waals surface area contributed by atoms with Gasteiger partial charge >= 0.3 is 11.9 Å². The van der Waals surface area contributed by atoms with Gasteiger partial charge in [-0.05, 0) is 43.7 Å². The van der Waals surface area contributed by atoms with Gasteiger partial charge in [-0.15, -0.1) is 0 Å². The maximum Gasteiger partial charge on any atom is 0.360 e. The van der Waals surface area contributed by atoms with Gasteiger partial charge in [0, 0.05) is 5.56 Å². The summed E-state index contributed by atoms with van der Waals surface area (Å²) in [5, 5.41) is 0. The normalized spacial score (nSPS) is 10.5. The number of carbonyl (C=O) groups excluding carboxylic acids is 2. The number of carbonyl (C=O) groups is 2. The van der Waals surface area contributed by atoms with Crippen LogP contribution >= 0.6 is 0 Å². The van der Waals surface area contributed by atoms with E-state index < -0.39 is 11.9 Å². The molecule has 0 amide bonds. The summed E-state index contributed by atoms with van der Waals surface area (Å²) in [6.07, 6.45) is 2.90. The van der Waals surface area contributed by atoms with Gasteiger partial charge in [-0.3, -0.25) is 0 Å². The van der Waals surface area contributed by atoms with Crippen LogP contribution in [0.2, 0.25) is 0 Å². The van der Waals surface area contributed by atoms with Crippen LogP contribution in [0.3, 0.4) is 0 Å². The van der Waals surface area contributed by atoms with E-state index in [1.54, 1.807) is 37.3 Å². The predicted octanol–water partition coefficient (Wildman–Crippen LogP) is 5.27. The lowest BCUT2D eigenvalue weighted by molar-refractivity contribution is 0.0493. The fourth-order valence-corrected chi connectivity index (χ4v) is 2.62. The minimum Gasteiger partial charge on any atom is -0.462 e. The summed E-state index contributed by atoms with van der Waals surface area (Å²) < 4.78 is 21.6. The Morgan fingerprint density at radius 3 is 2.53 bits per heavy atom. The molecule has 3 rings (SSSR count). The number of esters is 2. The second kappa shape index (κ2) is 10.2. The van der Waals surface area contributed by atoms with Crippen molar-refractivity contribution in [3.8, 4) is 23.0 Å². The Morgan fingerprint density at radius 2 is 1.80 bits per heavy atom. The minimum absolute atomic E-state index is 0.0588. The maximum absolute atomic E-state index is 12.7. The number of hydrogen-bond donors (Lipinski definition) is 0. The molecule has 2 aromatic carbocycles. The van der Waals surface area contributed by atoms with E-state index in [-0.39, 0.29) is 23.8 Å². The van der Waals surface area contributed by atoms with E-state index in [4.69, 9.17) is 18.6 Å². The SMILES string of the molecule is CCCCOC(=O)c1cc(-c2nc(C(=O)OCC)co2)ccc1Oc1ccccc1. The molecule has 0 aliphatic heterocycles. The third-order valence-electron chi connectivity index (χ3n) is 4.14. The number of para-hydroxylation sites is 1. The molecule has 30 heavy (non-hydrogen) atoms. The smallest absolute Gasteiger partial charge is 0.360 e. The quantitative estimate of drug-likeness (QED) is 0.351. The summed E-state index contributed by atoms with van der Waals surface area (Å²) >= 11 is 0. The summed E-state index contributed by atoms with van der Waals surface area (Å²) in [6.45, 7) is 4.28. The first kappa shape index (κ1) is 21.1. The molecule has 0 radical (unpaired) electrons. The summed E-state index contributed by atoms with van der Waals surface area (Å²) in [7, 11) is 0. The molecule has 0 saturated heterocycles. The minimum atomic E-state index is -0.573. The lowest BCUT2D eigenvalue weighted by atomic mass is 10.1. The zero-order valence-electron chi connectivity index (χ0n) is 16.9. The van der Waals surface area contributed by atoms with Crippen molar-refractivity contribution >= 4 is 11.9 Å². The van der Waals surface area contributed by atoms with Crippen LogP contribution in [-0.2, 0) is 9.47 Å². The first-order chi connectivity index (χ1) is 14.6. The lowest BCUT2D eigenvalue weighted by Crippen LogP contribution is -2.08. The van der Waals surface area contributed by atoms with E-state index in [9.17, 15) is 9.59 Å². The Bertz CT molecular complexity index is 996. The Balaban J connectivity index is 1.91. The van der Waals surface area contributed by atoms with Gasteiger partial charge in [-0.25, -0.2) is 14.6 Å². The Labute approximate surface area is 174 Å². The molecule has 0 aliphatic rings. The molecule has 0 atom stereocenters. The molecule has 0 fully saturated rings. The van der Waals surface area contributed by atoms with Crippen LogP contribution < -0.4 is 4.74 Å². The molecule has 7 heteroatoms. The van der Waals surface area contributed by atoms with Gasteiger partial charge in [-0.2, -0.15) is 0 Å². The van der Waals surface area contributed by atoms with Crippen molar-refractivity contribution in [2.24, 2.45) is 0 Å². The molecule has 0 unspecified atom stereocenters. The monoisotopic (exact) mass is 409 g/mol. The molecule has 156 valence electrons. The largest absolute Gasteiger partial charge is 0.462 e. The topological polar surface area (TPSA) is 87.9 Å². The molecular weight excluding hydrogens is 386 g/mol.